The first-order valence-electron chi connectivity index (χ1n) is 11.2. The summed E-state index contributed by atoms with van der Waals surface area (Å²) in [7, 11) is 0. The second-order valence-corrected chi connectivity index (χ2v) is 8.08. The fraction of sp³-hybridized carbons (Fsp3) is 1.00. The van der Waals surface area contributed by atoms with E-state index in [2.05, 4.69) is 18.7 Å². The van der Waals surface area contributed by atoms with Gasteiger partial charge in [0.05, 0.1) is 0 Å². The summed E-state index contributed by atoms with van der Waals surface area (Å²) in [6, 6.07) is 0.817. The van der Waals surface area contributed by atoms with Crippen LogP contribution in [0.4, 0.5) is 0 Å². The molecule has 0 radical (unpaired) electrons. The maximum absolute atomic E-state index is 9.37. The third kappa shape index (κ3) is 10.0. The van der Waals surface area contributed by atoms with Crippen molar-refractivity contribution in [1.82, 2.24) is 4.90 Å². The first-order valence-corrected chi connectivity index (χ1v) is 11.2. The zero-order valence-electron chi connectivity index (χ0n) is 16.8. The Morgan fingerprint density at radius 3 is 1.67 bits per heavy atom. The normalized spacial score (nSPS) is 18.1. The minimum absolute atomic E-state index is 0.396. The van der Waals surface area contributed by atoms with E-state index in [0.717, 1.165) is 6.04 Å². The van der Waals surface area contributed by atoms with Crippen molar-refractivity contribution in [3.63, 3.8) is 0 Å². The Morgan fingerprint density at radius 1 is 0.750 bits per heavy atom. The summed E-state index contributed by atoms with van der Waals surface area (Å²) >= 11 is 0. The molecule has 1 saturated heterocycles. The lowest BCUT2D eigenvalue weighted by atomic mass is 9.93. The highest BCUT2D eigenvalue weighted by Crippen LogP contribution is 2.24. The van der Waals surface area contributed by atoms with Gasteiger partial charge in [-0.3, -0.25) is 0 Å². The number of hydrogen-bond acceptors (Lipinski definition) is 2. The largest absolute Gasteiger partial charge is 0.396 e. The number of unbranched alkanes of at least 4 members (excludes halogenated alkanes) is 9. The molecule has 24 heavy (non-hydrogen) atoms. The quantitative estimate of drug-likeness (QED) is 0.361. The smallest absolute Gasteiger partial charge is 0.0460 e. The van der Waals surface area contributed by atoms with Crippen molar-refractivity contribution in [3.8, 4) is 0 Å². The molecule has 144 valence electrons. The van der Waals surface area contributed by atoms with Crippen LogP contribution in [0.15, 0.2) is 0 Å². The standard InChI is InChI=1S/C22H45NO/c1-3-5-7-9-11-13-15-22(14-12-10-8-6-4-2)23-18-16-21(20-24)17-19-23/h21-22,24H,3-20H2,1-2H3. The Kier molecular flexibility index (Phi) is 13.9. The summed E-state index contributed by atoms with van der Waals surface area (Å²) < 4.78 is 0. The van der Waals surface area contributed by atoms with Crippen LogP contribution in [-0.4, -0.2) is 35.7 Å². The predicted octanol–water partition coefficient (Wildman–Crippen LogP) is 6.17. The number of rotatable bonds is 15. The van der Waals surface area contributed by atoms with Crippen LogP contribution >= 0.6 is 0 Å². The zero-order chi connectivity index (χ0) is 17.5. The van der Waals surface area contributed by atoms with Gasteiger partial charge in [0.25, 0.3) is 0 Å². The SMILES string of the molecule is CCCCCCCCC(CCCCCCC)N1CCC(CO)CC1. The summed E-state index contributed by atoms with van der Waals surface area (Å²) in [5, 5.41) is 9.37. The lowest BCUT2D eigenvalue weighted by Gasteiger charge is -2.37. The minimum Gasteiger partial charge on any atom is -0.396 e. The van der Waals surface area contributed by atoms with Crippen LogP contribution in [0.1, 0.15) is 110 Å². The molecule has 0 aromatic heterocycles. The fourth-order valence-electron chi connectivity index (χ4n) is 4.15. The Balaban J connectivity index is 2.27. The second-order valence-electron chi connectivity index (χ2n) is 8.08. The molecule has 1 aliphatic heterocycles. The average Bonchev–Trinajstić information content (AvgIpc) is 2.62. The molecule has 1 unspecified atom stereocenters. The van der Waals surface area contributed by atoms with Gasteiger partial charge in [0.2, 0.25) is 0 Å². The molecule has 1 heterocycles. The number of nitrogens with zero attached hydrogens (tertiary/aromatic N) is 1. The molecule has 2 heteroatoms. The van der Waals surface area contributed by atoms with Crippen molar-refractivity contribution < 1.29 is 5.11 Å². The maximum atomic E-state index is 9.37. The Morgan fingerprint density at radius 2 is 1.21 bits per heavy atom. The maximum Gasteiger partial charge on any atom is 0.0460 e. The number of piperidine rings is 1. The van der Waals surface area contributed by atoms with Crippen molar-refractivity contribution in [3.05, 3.63) is 0 Å². The molecule has 0 spiro atoms. The number of likely N-dealkylation sites (tertiary alicyclic amines) is 1. The number of aliphatic hydroxyl groups excluding tert-OH is 1. The molecule has 1 fully saturated rings. The van der Waals surface area contributed by atoms with Gasteiger partial charge in [0, 0.05) is 12.6 Å². The highest BCUT2D eigenvalue weighted by molar-refractivity contribution is 4.78. The molecule has 1 N–H and O–H groups in total. The van der Waals surface area contributed by atoms with Crippen LogP contribution in [0.25, 0.3) is 0 Å². The van der Waals surface area contributed by atoms with E-state index in [1.54, 1.807) is 0 Å². The van der Waals surface area contributed by atoms with Crippen molar-refractivity contribution in [2.45, 2.75) is 116 Å². The van der Waals surface area contributed by atoms with Gasteiger partial charge >= 0.3 is 0 Å². The summed E-state index contributed by atoms with van der Waals surface area (Å²) in [5.74, 6) is 0.570. The van der Waals surface area contributed by atoms with Gasteiger partial charge in [0.1, 0.15) is 0 Å². The molecule has 1 atom stereocenters. The average molecular weight is 340 g/mol. The molecule has 0 aliphatic carbocycles. The van der Waals surface area contributed by atoms with Crippen LogP contribution in [0.2, 0.25) is 0 Å². The van der Waals surface area contributed by atoms with Gasteiger partial charge in [-0.05, 0) is 44.7 Å². The third-order valence-electron chi connectivity index (χ3n) is 5.96. The van der Waals surface area contributed by atoms with E-state index in [1.807, 2.05) is 0 Å². The Bertz CT molecular complexity index is 261. The van der Waals surface area contributed by atoms with Gasteiger partial charge in [-0.15, -0.1) is 0 Å². The predicted molar refractivity (Wildman–Crippen MR) is 107 cm³/mol. The van der Waals surface area contributed by atoms with E-state index >= 15 is 0 Å². The molecule has 1 rings (SSSR count). The third-order valence-corrected chi connectivity index (χ3v) is 5.96. The van der Waals surface area contributed by atoms with E-state index in [0.29, 0.717) is 12.5 Å². The van der Waals surface area contributed by atoms with Crippen LogP contribution < -0.4 is 0 Å². The molecular weight excluding hydrogens is 294 g/mol. The van der Waals surface area contributed by atoms with E-state index in [4.69, 9.17) is 0 Å². The molecule has 0 aromatic carbocycles. The molecule has 0 bridgehead atoms. The van der Waals surface area contributed by atoms with Gasteiger partial charge in [0.15, 0.2) is 0 Å². The summed E-state index contributed by atoms with van der Waals surface area (Å²) in [6.07, 6.45) is 20.7. The second kappa shape index (κ2) is 15.2. The molecule has 0 saturated carbocycles. The van der Waals surface area contributed by atoms with E-state index in [1.165, 1.54) is 109 Å². The first kappa shape index (κ1) is 22.0. The van der Waals surface area contributed by atoms with Gasteiger partial charge < -0.3 is 10.0 Å². The lowest BCUT2D eigenvalue weighted by molar-refractivity contribution is 0.0902. The Labute approximate surface area is 152 Å². The molecular formula is C22H45NO. The topological polar surface area (TPSA) is 23.5 Å². The molecule has 0 amide bonds. The fourth-order valence-corrected chi connectivity index (χ4v) is 4.15. The minimum atomic E-state index is 0.396. The van der Waals surface area contributed by atoms with Crippen LogP contribution in [0, 0.1) is 5.92 Å². The molecule has 0 aromatic rings. The molecule has 2 nitrogen and oxygen atoms in total. The highest BCUT2D eigenvalue weighted by atomic mass is 16.3. The molecule has 1 aliphatic rings. The summed E-state index contributed by atoms with van der Waals surface area (Å²) in [6.45, 7) is 7.44. The van der Waals surface area contributed by atoms with Crippen molar-refractivity contribution >= 4 is 0 Å². The van der Waals surface area contributed by atoms with Crippen molar-refractivity contribution in [1.29, 1.82) is 0 Å². The van der Waals surface area contributed by atoms with Crippen LogP contribution in [0.5, 0.6) is 0 Å². The number of aliphatic hydroxyl groups is 1. The summed E-state index contributed by atoms with van der Waals surface area (Å²) in [4.78, 5) is 2.76. The monoisotopic (exact) mass is 339 g/mol. The van der Waals surface area contributed by atoms with Gasteiger partial charge in [-0.2, -0.15) is 0 Å². The van der Waals surface area contributed by atoms with E-state index in [9.17, 15) is 5.11 Å². The van der Waals surface area contributed by atoms with E-state index in [-0.39, 0.29) is 0 Å². The lowest BCUT2D eigenvalue weighted by Crippen LogP contribution is -2.42. The summed E-state index contributed by atoms with van der Waals surface area (Å²) in [5.41, 5.74) is 0. The number of hydrogen-bond donors (Lipinski definition) is 1. The van der Waals surface area contributed by atoms with Gasteiger partial charge in [-0.25, -0.2) is 0 Å². The Hall–Kier alpha value is -0.0800. The van der Waals surface area contributed by atoms with Crippen LogP contribution in [-0.2, 0) is 0 Å². The van der Waals surface area contributed by atoms with Gasteiger partial charge in [-0.1, -0.05) is 84.5 Å². The van der Waals surface area contributed by atoms with Crippen LogP contribution in [0.3, 0.4) is 0 Å². The first-order chi connectivity index (χ1) is 11.8. The highest BCUT2D eigenvalue weighted by Gasteiger charge is 2.24. The van der Waals surface area contributed by atoms with Crippen molar-refractivity contribution in [2.75, 3.05) is 19.7 Å². The van der Waals surface area contributed by atoms with Crippen molar-refractivity contribution in [2.24, 2.45) is 5.92 Å². The van der Waals surface area contributed by atoms with E-state index < -0.39 is 0 Å². The zero-order valence-corrected chi connectivity index (χ0v) is 16.8.